The fourth-order valence-corrected chi connectivity index (χ4v) is 1.37. The number of phenolic OH excluding ortho intramolecular Hbond substituents is 1. The van der Waals surface area contributed by atoms with Crippen LogP contribution in [0.25, 0.3) is 0 Å². The SMILES string of the molecule is CCN(CC(=O)OC)C(=O)c1ccccc1O. The van der Waals surface area contributed by atoms with E-state index in [0.29, 0.717) is 6.54 Å². The minimum atomic E-state index is -0.490. The second-order valence-electron chi connectivity index (χ2n) is 3.41. The van der Waals surface area contributed by atoms with Gasteiger partial charge < -0.3 is 14.7 Å². The summed E-state index contributed by atoms with van der Waals surface area (Å²) in [6.07, 6.45) is 0. The van der Waals surface area contributed by atoms with Gasteiger partial charge in [0.05, 0.1) is 12.7 Å². The number of ether oxygens (including phenoxy) is 1. The Bertz CT molecular complexity index is 417. The summed E-state index contributed by atoms with van der Waals surface area (Å²) in [6.45, 7) is 1.99. The maximum atomic E-state index is 12.0. The Labute approximate surface area is 99.6 Å². The van der Waals surface area contributed by atoms with E-state index in [9.17, 15) is 14.7 Å². The highest BCUT2D eigenvalue weighted by molar-refractivity contribution is 5.98. The Morgan fingerprint density at radius 1 is 1.35 bits per heavy atom. The first-order valence-corrected chi connectivity index (χ1v) is 5.24. The van der Waals surface area contributed by atoms with Gasteiger partial charge >= 0.3 is 5.97 Å². The molecule has 0 spiro atoms. The lowest BCUT2D eigenvalue weighted by atomic mass is 10.1. The molecule has 1 amide bonds. The minimum Gasteiger partial charge on any atom is -0.507 e. The molecule has 0 radical (unpaired) electrons. The summed E-state index contributed by atoms with van der Waals surface area (Å²) in [7, 11) is 1.26. The molecule has 92 valence electrons. The molecule has 0 saturated carbocycles. The van der Waals surface area contributed by atoms with Gasteiger partial charge in [-0.3, -0.25) is 9.59 Å². The molecule has 5 nitrogen and oxygen atoms in total. The maximum Gasteiger partial charge on any atom is 0.325 e. The predicted octanol–water partition coefficient (Wildman–Crippen LogP) is 1.03. The quantitative estimate of drug-likeness (QED) is 0.794. The molecule has 0 aromatic heterocycles. The molecular weight excluding hydrogens is 222 g/mol. The van der Waals surface area contributed by atoms with Crippen LogP contribution in [0, 0.1) is 0 Å². The Morgan fingerprint density at radius 2 is 2.00 bits per heavy atom. The van der Waals surface area contributed by atoms with Crippen LogP contribution >= 0.6 is 0 Å². The van der Waals surface area contributed by atoms with Gasteiger partial charge in [-0.15, -0.1) is 0 Å². The molecule has 0 fully saturated rings. The fourth-order valence-electron chi connectivity index (χ4n) is 1.37. The molecule has 0 unspecified atom stereocenters. The van der Waals surface area contributed by atoms with E-state index in [4.69, 9.17) is 0 Å². The molecule has 0 bridgehead atoms. The molecule has 1 rings (SSSR count). The van der Waals surface area contributed by atoms with Crippen molar-refractivity contribution < 1.29 is 19.4 Å². The van der Waals surface area contributed by atoms with Crippen LogP contribution in [0.1, 0.15) is 17.3 Å². The zero-order valence-electron chi connectivity index (χ0n) is 9.84. The van der Waals surface area contributed by atoms with Crippen LogP contribution in [0.2, 0.25) is 0 Å². The number of nitrogens with zero attached hydrogens (tertiary/aromatic N) is 1. The summed E-state index contributed by atoms with van der Waals surface area (Å²) in [5, 5.41) is 9.55. The second-order valence-corrected chi connectivity index (χ2v) is 3.41. The van der Waals surface area contributed by atoms with Crippen molar-refractivity contribution >= 4 is 11.9 Å². The molecule has 0 aliphatic carbocycles. The molecule has 0 saturated heterocycles. The van der Waals surface area contributed by atoms with E-state index in [1.165, 1.54) is 24.1 Å². The van der Waals surface area contributed by atoms with E-state index in [1.807, 2.05) is 0 Å². The summed E-state index contributed by atoms with van der Waals surface area (Å²) in [6, 6.07) is 6.22. The molecule has 1 aromatic carbocycles. The van der Waals surface area contributed by atoms with E-state index in [2.05, 4.69) is 4.74 Å². The highest BCUT2D eigenvalue weighted by atomic mass is 16.5. The second kappa shape index (κ2) is 5.89. The largest absolute Gasteiger partial charge is 0.507 e. The van der Waals surface area contributed by atoms with Crippen LogP contribution in [0.4, 0.5) is 0 Å². The molecule has 17 heavy (non-hydrogen) atoms. The number of likely N-dealkylation sites (N-methyl/N-ethyl adjacent to an activating group) is 1. The number of para-hydroxylation sites is 1. The van der Waals surface area contributed by atoms with Gasteiger partial charge in [-0.25, -0.2) is 0 Å². The van der Waals surface area contributed by atoms with Crippen LogP contribution in [-0.4, -0.2) is 42.1 Å². The highest BCUT2D eigenvalue weighted by Crippen LogP contribution is 2.17. The predicted molar refractivity (Wildman–Crippen MR) is 61.7 cm³/mol. The molecule has 1 aromatic rings. The Hall–Kier alpha value is -2.04. The van der Waals surface area contributed by atoms with E-state index in [-0.39, 0.29) is 17.9 Å². The zero-order chi connectivity index (χ0) is 12.8. The lowest BCUT2D eigenvalue weighted by Crippen LogP contribution is -2.36. The number of methoxy groups -OCH3 is 1. The Balaban J connectivity index is 2.87. The molecule has 5 heteroatoms. The lowest BCUT2D eigenvalue weighted by Gasteiger charge is -2.19. The molecule has 1 N–H and O–H groups in total. The van der Waals surface area contributed by atoms with Crippen molar-refractivity contribution in [2.24, 2.45) is 0 Å². The van der Waals surface area contributed by atoms with Crippen LogP contribution in [0.15, 0.2) is 24.3 Å². The third kappa shape index (κ3) is 3.21. The van der Waals surface area contributed by atoms with Gasteiger partial charge in [-0.05, 0) is 19.1 Å². The number of amides is 1. The number of hydrogen-bond donors (Lipinski definition) is 1. The number of benzene rings is 1. The standard InChI is InChI=1S/C12H15NO4/c1-3-13(8-11(15)17-2)12(16)9-6-4-5-7-10(9)14/h4-7,14H,3,8H2,1-2H3. The fraction of sp³-hybridized carbons (Fsp3) is 0.333. The third-order valence-electron chi connectivity index (χ3n) is 2.35. The van der Waals surface area contributed by atoms with Gasteiger partial charge in [-0.2, -0.15) is 0 Å². The van der Waals surface area contributed by atoms with Crippen molar-refractivity contribution in [3.63, 3.8) is 0 Å². The monoisotopic (exact) mass is 237 g/mol. The van der Waals surface area contributed by atoms with E-state index in [0.717, 1.165) is 0 Å². The summed E-state index contributed by atoms with van der Waals surface area (Å²) < 4.78 is 4.50. The van der Waals surface area contributed by atoms with Crippen LogP contribution < -0.4 is 0 Å². The molecule has 0 atom stereocenters. The van der Waals surface area contributed by atoms with Gasteiger partial charge in [-0.1, -0.05) is 12.1 Å². The van der Waals surface area contributed by atoms with E-state index < -0.39 is 11.9 Å². The van der Waals surface area contributed by atoms with Gasteiger partial charge in [0.25, 0.3) is 5.91 Å². The van der Waals surface area contributed by atoms with E-state index >= 15 is 0 Å². The van der Waals surface area contributed by atoms with Gasteiger partial charge in [0.15, 0.2) is 0 Å². The van der Waals surface area contributed by atoms with E-state index in [1.54, 1.807) is 19.1 Å². The van der Waals surface area contributed by atoms with Crippen molar-refractivity contribution in [2.75, 3.05) is 20.2 Å². The van der Waals surface area contributed by atoms with Crippen molar-refractivity contribution in [3.8, 4) is 5.75 Å². The zero-order valence-corrected chi connectivity index (χ0v) is 9.84. The normalized spacial score (nSPS) is 9.76. The first-order valence-electron chi connectivity index (χ1n) is 5.24. The Kier molecular flexibility index (Phi) is 4.51. The number of carbonyl (C=O) groups excluding carboxylic acids is 2. The summed E-state index contributed by atoms with van der Waals surface area (Å²) in [5.74, 6) is -0.979. The number of phenols is 1. The van der Waals surface area contributed by atoms with Crippen molar-refractivity contribution in [1.29, 1.82) is 0 Å². The van der Waals surface area contributed by atoms with Crippen LogP contribution in [0.5, 0.6) is 5.75 Å². The molecule has 0 aliphatic rings. The lowest BCUT2D eigenvalue weighted by molar-refractivity contribution is -0.141. The van der Waals surface area contributed by atoms with Crippen LogP contribution in [-0.2, 0) is 9.53 Å². The van der Waals surface area contributed by atoms with Gasteiger partial charge in [0.2, 0.25) is 0 Å². The van der Waals surface area contributed by atoms with Gasteiger partial charge in [0.1, 0.15) is 12.3 Å². The first-order chi connectivity index (χ1) is 8.10. The van der Waals surface area contributed by atoms with Crippen molar-refractivity contribution in [3.05, 3.63) is 29.8 Å². The maximum absolute atomic E-state index is 12.0. The number of carbonyl (C=O) groups is 2. The summed E-state index contributed by atoms with van der Waals surface area (Å²) in [4.78, 5) is 24.4. The number of hydrogen-bond acceptors (Lipinski definition) is 4. The molecule has 0 heterocycles. The van der Waals surface area contributed by atoms with Gasteiger partial charge in [0, 0.05) is 6.54 Å². The third-order valence-corrected chi connectivity index (χ3v) is 2.35. The minimum absolute atomic E-state index is 0.0965. The topological polar surface area (TPSA) is 66.8 Å². The average Bonchev–Trinajstić information content (AvgIpc) is 2.35. The number of aromatic hydroxyl groups is 1. The number of rotatable bonds is 4. The highest BCUT2D eigenvalue weighted by Gasteiger charge is 2.19. The molecular formula is C12H15NO4. The summed E-state index contributed by atoms with van der Waals surface area (Å²) >= 11 is 0. The van der Waals surface area contributed by atoms with Crippen molar-refractivity contribution in [1.82, 2.24) is 4.90 Å². The van der Waals surface area contributed by atoms with Crippen molar-refractivity contribution in [2.45, 2.75) is 6.92 Å². The smallest absolute Gasteiger partial charge is 0.325 e. The number of esters is 1. The first kappa shape index (κ1) is 13.0. The average molecular weight is 237 g/mol. The van der Waals surface area contributed by atoms with Crippen LogP contribution in [0.3, 0.4) is 0 Å². The molecule has 0 aliphatic heterocycles. The summed E-state index contributed by atoms with van der Waals surface area (Å²) in [5.41, 5.74) is 0.179. The Morgan fingerprint density at radius 3 is 2.53 bits per heavy atom.